The fraction of sp³-hybridized carbons (Fsp3) is 0.517. The Balaban J connectivity index is 1.53. The van der Waals surface area contributed by atoms with Crippen molar-refractivity contribution in [2.75, 3.05) is 25.6 Å². The molecule has 1 saturated carbocycles. The van der Waals surface area contributed by atoms with E-state index in [2.05, 4.69) is 31.1 Å². The van der Waals surface area contributed by atoms with Gasteiger partial charge >= 0.3 is 0 Å². The SMILES string of the molecule is CSc1ccc(S(=O)(=O)C[C@@H]2C[C@H](N(C)C(C)C)CC[C@@H]2N2CC[C@H](NC(=O)c3ccccc3)C2=O)cc1. The third-order valence-electron chi connectivity index (χ3n) is 8.14. The highest BCUT2D eigenvalue weighted by molar-refractivity contribution is 7.98. The summed E-state index contributed by atoms with van der Waals surface area (Å²) in [5, 5.41) is 2.90. The molecular weight excluding hydrogens is 518 g/mol. The molecule has 2 amide bonds. The lowest BCUT2D eigenvalue weighted by atomic mass is 9.81. The molecule has 4 rings (SSSR count). The van der Waals surface area contributed by atoms with E-state index in [9.17, 15) is 18.0 Å². The number of hydrogen-bond donors (Lipinski definition) is 1. The number of carbonyl (C=O) groups is 2. The van der Waals surface area contributed by atoms with Crippen LogP contribution < -0.4 is 5.32 Å². The maximum atomic E-state index is 13.5. The Labute approximate surface area is 231 Å². The summed E-state index contributed by atoms with van der Waals surface area (Å²) in [6.07, 6.45) is 4.86. The van der Waals surface area contributed by atoms with Crippen LogP contribution in [0.5, 0.6) is 0 Å². The van der Waals surface area contributed by atoms with Crippen molar-refractivity contribution in [1.82, 2.24) is 15.1 Å². The summed E-state index contributed by atoms with van der Waals surface area (Å²) in [6, 6.07) is 15.8. The van der Waals surface area contributed by atoms with Gasteiger partial charge in [0.25, 0.3) is 5.91 Å². The largest absolute Gasteiger partial charge is 0.340 e. The molecule has 0 bridgehead atoms. The second-order valence-corrected chi connectivity index (χ2v) is 13.6. The third kappa shape index (κ3) is 6.43. The second-order valence-electron chi connectivity index (χ2n) is 10.7. The van der Waals surface area contributed by atoms with E-state index < -0.39 is 15.9 Å². The molecule has 1 saturated heterocycles. The highest BCUT2D eigenvalue weighted by atomic mass is 32.2. The van der Waals surface area contributed by atoms with Crippen molar-refractivity contribution in [3.63, 3.8) is 0 Å². The van der Waals surface area contributed by atoms with E-state index in [1.54, 1.807) is 48.2 Å². The number of sulfone groups is 1. The van der Waals surface area contributed by atoms with E-state index in [-0.39, 0.29) is 35.6 Å². The summed E-state index contributed by atoms with van der Waals surface area (Å²) in [5.74, 6) is -0.556. The highest BCUT2D eigenvalue weighted by Gasteiger charge is 2.44. The number of thioether (sulfide) groups is 1. The molecule has 206 valence electrons. The number of amides is 2. The number of benzene rings is 2. The van der Waals surface area contributed by atoms with Crippen LogP contribution in [0.15, 0.2) is 64.4 Å². The molecule has 1 heterocycles. The topological polar surface area (TPSA) is 86.8 Å². The summed E-state index contributed by atoms with van der Waals surface area (Å²) in [6.45, 7) is 4.82. The minimum Gasteiger partial charge on any atom is -0.340 e. The van der Waals surface area contributed by atoms with Crippen molar-refractivity contribution in [2.24, 2.45) is 5.92 Å². The van der Waals surface area contributed by atoms with Crippen molar-refractivity contribution < 1.29 is 18.0 Å². The Morgan fingerprint density at radius 2 is 1.76 bits per heavy atom. The Morgan fingerprint density at radius 3 is 2.39 bits per heavy atom. The van der Waals surface area contributed by atoms with Gasteiger partial charge in [-0.3, -0.25) is 9.59 Å². The van der Waals surface area contributed by atoms with E-state index in [1.165, 1.54) is 0 Å². The molecule has 0 spiro atoms. The first-order chi connectivity index (χ1) is 18.1. The van der Waals surface area contributed by atoms with Crippen molar-refractivity contribution in [2.45, 2.75) is 73.5 Å². The van der Waals surface area contributed by atoms with Crippen LogP contribution in [0.25, 0.3) is 0 Å². The Kier molecular flexibility index (Phi) is 9.21. The second kappa shape index (κ2) is 12.2. The minimum atomic E-state index is -3.54. The van der Waals surface area contributed by atoms with Gasteiger partial charge in [-0.25, -0.2) is 8.42 Å². The molecule has 1 N–H and O–H groups in total. The first-order valence-electron chi connectivity index (χ1n) is 13.4. The summed E-state index contributed by atoms with van der Waals surface area (Å²) in [5.41, 5.74) is 0.521. The van der Waals surface area contributed by atoms with Crippen LogP contribution in [0.3, 0.4) is 0 Å². The lowest BCUT2D eigenvalue weighted by Crippen LogP contribution is -2.53. The number of nitrogens with zero attached hydrogens (tertiary/aromatic N) is 2. The Hall–Kier alpha value is -2.36. The van der Waals surface area contributed by atoms with Crippen molar-refractivity contribution in [1.29, 1.82) is 0 Å². The normalized spacial score (nSPS) is 24.3. The fourth-order valence-corrected chi connectivity index (χ4v) is 7.83. The molecule has 9 heteroatoms. The van der Waals surface area contributed by atoms with Crippen LogP contribution in [-0.2, 0) is 14.6 Å². The van der Waals surface area contributed by atoms with Crippen LogP contribution in [0.1, 0.15) is 49.9 Å². The lowest BCUT2D eigenvalue weighted by molar-refractivity contribution is -0.133. The van der Waals surface area contributed by atoms with Gasteiger partial charge in [0.15, 0.2) is 9.84 Å². The monoisotopic (exact) mass is 557 g/mol. The van der Waals surface area contributed by atoms with Gasteiger partial charge < -0.3 is 15.1 Å². The molecule has 2 aromatic rings. The summed E-state index contributed by atoms with van der Waals surface area (Å²) in [4.78, 5) is 31.7. The maximum Gasteiger partial charge on any atom is 0.251 e. The zero-order valence-electron chi connectivity index (χ0n) is 22.7. The first kappa shape index (κ1) is 28.6. The smallest absolute Gasteiger partial charge is 0.251 e. The van der Waals surface area contributed by atoms with E-state index >= 15 is 0 Å². The average Bonchev–Trinajstić information content (AvgIpc) is 3.27. The average molecular weight is 558 g/mol. The fourth-order valence-electron chi connectivity index (χ4n) is 5.76. The standard InChI is InChI=1S/C29H39N3O4S2/c1-20(2)31(3)23-10-15-27(22(18-23)19-38(35,36)25-13-11-24(37-4)12-14-25)32-17-16-26(29(32)34)30-28(33)21-8-6-5-7-9-21/h5-9,11-14,20,22-23,26-27H,10,15-19H2,1-4H3,(H,30,33)/t22-,23+,26-,27-/m0/s1. The molecule has 0 unspecified atom stereocenters. The van der Waals surface area contributed by atoms with Crippen LogP contribution in [0.2, 0.25) is 0 Å². The predicted molar refractivity (Wildman–Crippen MR) is 152 cm³/mol. The minimum absolute atomic E-state index is 0.00351. The maximum absolute atomic E-state index is 13.5. The number of rotatable bonds is 9. The molecule has 2 aromatic carbocycles. The van der Waals surface area contributed by atoms with Gasteiger partial charge in [-0.1, -0.05) is 18.2 Å². The number of nitrogens with one attached hydrogen (secondary N) is 1. The number of likely N-dealkylation sites (tertiary alicyclic amines) is 1. The lowest BCUT2D eigenvalue weighted by Gasteiger charge is -2.44. The van der Waals surface area contributed by atoms with Crippen molar-refractivity contribution in [3.05, 3.63) is 60.2 Å². The molecule has 1 aliphatic heterocycles. The molecule has 4 atom stereocenters. The summed E-state index contributed by atoms with van der Waals surface area (Å²) in [7, 11) is -1.44. The van der Waals surface area contributed by atoms with Gasteiger partial charge in [0.1, 0.15) is 6.04 Å². The third-order valence-corrected chi connectivity index (χ3v) is 10.7. The Bertz CT molecular complexity index is 1220. The van der Waals surface area contributed by atoms with Gasteiger partial charge in [0.2, 0.25) is 5.91 Å². The number of hydrogen-bond acceptors (Lipinski definition) is 6. The molecule has 0 radical (unpaired) electrons. The molecule has 7 nitrogen and oxygen atoms in total. The quantitative estimate of drug-likeness (QED) is 0.468. The van der Waals surface area contributed by atoms with Gasteiger partial charge in [-0.05, 0) is 95.2 Å². The van der Waals surface area contributed by atoms with Gasteiger partial charge in [-0.2, -0.15) is 0 Å². The zero-order valence-corrected chi connectivity index (χ0v) is 24.3. The van der Waals surface area contributed by atoms with Crippen LogP contribution in [0.4, 0.5) is 0 Å². The Morgan fingerprint density at radius 1 is 1.08 bits per heavy atom. The predicted octanol–water partition coefficient (Wildman–Crippen LogP) is 4.09. The molecule has 0 aromatic heterocycles. The van der Waals surface area contributed by atoms with E-state index in [0.29, 0.717) is 35.9 Å². The van der Waals surface area contributed by atoms with Gasteiger partial charge in [0, 0.05) is 35.1 Å². The molecular formula is C29H39N3O4S2. The van der Waals surface area contributed by atoms with Crippen LogP contribution >= 0.6 is 11.8 Å². The van der Waals surface area contributed by atoms with Gasteiger partial charge in [0.05, 0.1) is 10.6 Å². The van der Waals surface area contributed by atoms with E-state index in [0.717, 1.165) is 17.7 Å². The van der Waals surface area contributed by atoms with Crippen LogP contribution in [-0.4, -0.2) is 79.8 Å². The number of carbonyl (C=O) groups excluding carboxylic acids is 2. The summed E-state index contributed by atoms with van der Waals surface area (Å²) >= 11 is 1.58. The molecule has 38 heavy (non-hydrogen) atoms. The van der Waals surface area contributed by atoms with Gasteiger partial charge in [-0.15, -0.1) is 11.8 Å². The van der Waals surface area contributed by atoms with Crippen molar-refractivity contribution in [3.8, 4) is 0 Å². The first-order valence-corrected chi connectivity index (χ1v) is 16.2. The highest BCUT2D eigenvalue weighted by Crippen LogP contribution is 2.36. The molecule has 2 fully saturated rings. The van der Waals surface area contributed by atoms with E-state index in [4.69, 9.17) is 0 Å². The van der Waals surface area contributed by atoms with Crippen molar-refractivity contribution >= 4 is 33.4 Å². The molecule has 2 aliphatic rings. The summed E-state index contributed by atoms with van der Waals surface area (Å²) < 4.78 is 27.1. The van der Waals surface area contributed by atoms with E-state index in [1.807, 2.05) is 29.4 Å². The van der Waals surface area contributed by atoms with Crippen LogP contribution in [0, 0.1) is 5.92 Å². The molecule has 1 aliphatic carbocycles. The zero-order chi connectivity index (χ0) is 27.4.